The van der Waals surface area contributed by atoms with Gasteiger partial charge in [-0.2, -0.15) is 0 Å². The van der Waals surface area contributed by atoms with E-state index >= 15 is 0 Å². The highest BCUT2D eigenvalue weighted by Crippen LogP contribution is 2.27. The minimum atomic E-state index is -0.0111. The highest BCUT2D eigenvalue weighted by molar-refractivity contribution is 7.16. The van der Waals surface area contributed by atoms with Crippen LogP contribution >= 0.6 is 11.3 Å². The molecule has 3 rings (SSSR count). The maximum atomic E-state index is 12.7. The fourth-order valence-corrected chi connectivity index (χ4v) is 3.88. The van der Waals surface area contributed by atoms with Gasteiger partial charge in [-0.25, -0.2) is 4.98 Å². The van der Waals surface area contributed by atoms with Gasteiger partial charge in [-0.3, -0.25) is 9.69 Å². The largest absolute Gasteiger partial charge is 0.472 e. The molecule has 0 aromatic carbocycles. The van der Waals surface area contributed by atoms with E-state index in [9.17, 15) is 4.79 Å². The Balaban J connectivity index is 1.61. The van der Waals surface area contributed by atoms with Crippen molar-refractivity contribution in [3.05, 3.63) is 29.7 Å². The van der Waals surface area contributed by atoms with Crippen LogP contribution in [0.25, 0.3) is 10.6 Å². The highest BCUT2D eigenvalue weighted by Gasteiger charge is 2.31. The van der Waals surface area contributed by atoms with E-state index in [-0.39, 0.29) is 11.4 Å². The predicted octanol–water partition coefficient (Wildman–Crippen LogP) is 2.59. The molecule has 130 valence electrons. The Labute approximate surface area is 146 Å². The van der Waals surface area contributed by atoms with Gasteiger partial charge < -0.3 is 14.1 Å². The zero-order valence-electron chi connectivity index (χ0n) is 14.3. The van der Waals surface area contributed by atoms with Crippen molar-refractivity contribution in [1.29, 1.82) is 0 Å². The van der Waals surface area contributed by atoms with Gasteiger partial charge in [-0.15, -0.1) is 11.3 Å². The van der Waals surface area contributed by atoms with Gasteiger partial charge >= 0.3 is 0 Å². The molecule has 0 radical (unpaired) electrons. The molecule has 1 aliphatic rings. The third-order valence-corrected chi connectivity index (χ3v) is 5.44. The lowest BCUT2D eigenvalue weighted by Crippen LogP contribution is -2.57. The number of carbonyl (C=O) groups is 1. The van der Waals surface area contributed by atoms with Gasteiger partial charge in [0, 0.05) is 44.4 Å². The molecule has 1 aliphatic heterocycles. The molecule has 7 heteroatoms. The standard InChI is InChI=1S/C17H23N3O3S/c1-17(2,12-22-3)20-7-5-19(6-8-20)16(21)14-10-18-15(24-14)13-4-9-23-11-13/h4,9-11H,5-8,12H2,1-3H3. The summed E-state index contributed by atoms with van der Waals surface area (Å²) in [7, 11) is 1.73. The normalized spacial score (nSPS) is 16.5. The minimum Gasteiger partial charge on any atom is -0.472 e. The summed E-state index contributed by atoms with van der Waals surface area (Å²) in [5, 5.41) is 0.812. The number of piperazine rings is 1. The van der Waals surface area contributed by atoms with Crippen molar-refractivity contribution < 1.29 is 13.9 Å². The summed E-state index contributed by atoms with van der Waals surface area (Å²) in [4.78, 5) is 22.0. The number of ether oxygens (including phenoxy) is 1. The van der Waals surface area contributed by atoms with Crippen molar-refractivity contribution in [3.63, 3.8) is 0 Å². The average Bonchev–Trinajstić information content (AvgIpc) is 3.25. The van der Waals surface area contributed by atoms with E-state index in [1.807, 2.05) is 11.0 Å². The molecule has 0 spiro atoms. The maximum absolute atomic E-state index is 12.7. The first kappa shape index (κ1) is 17.1. The number of hydrogen-bond donors (Lipinski definition) is 0. The van der Waals surface area contributed by atoms with E-state index in [1.165, 1.54) is 11.3 Å². The van der Waals surface area contributed by atoms with Crippen molar-refractivity contribution in [1.82, 2.24) is 14.8 Å². The van der Waals surface area contributed by atoms with Crippen LogP contribution in [0.15, 0.2) is 29.2 Å². The molecule has 2 aromatic heterocycles. The fraction of sp³-hybridized carbons (Fsp3) is 0.529. The predicted molar refractivity (Wildman–Crippen MR) is 93.2 cm³/mol. The van der Waals surface area contributed by atoms with Crippen molar-refractivity contribution >= 4 is 17.2 Å². The number of aromatic nitrogens is 1. The van der Waals surface area contributed by atoms with E-state index in [4.69, 9.17) is 9.15 Å². The average molecular weight is 349 g/mol. The lowest BCUT2D eigenvalue weighted by Gasteiger charge is -2.43. The Kier molecular flexibility index (Phi) is 5.03. The maximum Gasteiger partial charge on any atom is 0.265 e. The third kappa shape index (κ3) is 3.53. The summed E-state index contributed by atoms with van der Waals surface area (Å²) >= 11 is 1.41. The molecule has 1 saturated heterocycles. The van der Waals surface area contributed by atoms with Crippen LogP contribution in [-0.4, -0.2) is 66.1 Å². The van der Waals surface area contributed by atoms with Gasteiger partial charge in [0.25, 0.3) is 5.91 Å². The van der Waals surface area contributed by atoms with Gasteiger partial charge in [-0.1, -0.05) is 0 Å². The van der Waals surface area contributed by atoms with Gasteiger partial charge in [0.05, 0.1) is 19.1 Å². The summed E-state index contributed by atoms with van der Waals surface area (Å²) in [6, 6.07) is 1.85. The number of amides is 1. The third-order valence-electron chi connectivity index (χ3n) is 4.41. The first-order valence-corrected chi connectivity index (χ1v) is 8.84. The molecule has 0 N–H and O–H groups in total. The molecule has 3 heterocycles. The van der Waals surface area contributed by atoms with E-state index in [2.05, 4.69) is 23.7 Å². The number of carbonyl (C=O) groups excluding carboxylic acids is 1. The molecule has 0 aliphatic carbocycles. The second kappa shape index (κ2) is 7.04. The van der Waals surface area contributed by atoms with Gasteiger partial charge in [0.2, 0.25) is 0 Å². The van der Waals surface area contributed by atoms with Crippen LogP contribution in [0.2, 0.25) is 0 Å². The Morgan fingerprint density at radius 3 is 2.75 bits per heavy atom. The van der Waals surface area contributed by atoms with E-state index in [0.29, 0.717) is 11.5 Å². The summed E-state index contributed by atoms with van der Waals surface area (Å²) in [5.41, 5.74) is 0.896. The zero-order valence-corrected chi connectivity index (χ0v) is 15.1. The molecule has 1 amide bonds. The van der Waals surface area contributed by atoms with E-state index < -0.39 is 0 Å². The Morgan fingerprint density at radius 1 is 1.38 bits per heavy atom. The quantitative estimate of drug-likeness (QED) is 0.830. The van der Waals surface area contributed by atoms with E-state index in [1.54, 1.807) is 25.8 Å². The summed E-state index contributed by atoms with van der Waals surface area (Å²) in [5.74, 6) is 0.0615. The first-order chi connectivity index (χ1) is 11.5. The Bertz CT molecular complexity index is 673. The second-order valence-corrected chi connectivity index (χ2v) is 7.60. The minimum absolute atomic E-state index is 0.0111. The van der Waals surface area contributed by atoms with Crippen LogP contribution in [-0.2, 0) is 4.74 Å². The van der Waals surface area contributed by atoms with Crippen LogP contribution in [0.3, 0.4) is 0 Å². The van der Waals surface area contributed by atoms with Gasteiger partial charge in [0.1, 0.15) is 16.1 Å². The fourth-order valence-electron chi connectivity index (χ4n) is 3.01. The Morgan fingerprint density at radius 2 is 2.12 bits per heavy atom. The summed E-state index contributed by atoms with van der Waals surface area (Å²) < 4.78 is 10.4. The lowest BCUT2D eigenvalue weighted by atomic mass is 10.0. The number of thiazole rings is 1. The number of rotatable bonds is 5. The molecule has 0 unspecified atom stereocenters. The molecule has 0 saturated carbocycles. The molecule has 0 atom stereocenters. The second-order valence-electron chi connectivity index (χ2n) is 6.57. The number of methoxy groups -OCH3 is 1. The number of hydrogen-bond acceptors (Lipinski definition) is 6. The van der Waals surface area contributed by atoms with Crippen LogP contribution in [0.1, 0.15) is 23.5 Å². The number of nitrogens with zero attached hydrogens (tertiary/aromatic N) is 3. The summed E-state index contributed by atoms with van der Waals surface area (Å²) in [6.45, 7) is 8.20. The van der Waals surface area contributed by atoms with Crippen LogP contribution in [0, 0.1) is 0 Å². The van der Waals surface area contributed by atoms with Crippen molar-refractivity contribution in [3.8, 4) is 10.6 Å². The molecule has 24 heavy (non-hydrogen) atoms. The Hall–Kier alpha value is -1.70. The molecule has 0 bridgehead atoms. The zero-order chi connectivity index (χ0) is 17.2. The van der Waals surface area contributed by atoms with Crippen molar-refractivity contribution in [2.45, 2.75) is 19.4 Å². The molecular weight excluding hydrogens is 326 g/mol. The van der Waals surface area contributed by atoms with Crippen molar-refractivity contribution in [2.75, 3.05) is 39.9 Å². The van der Waals surface area contributed by atoms with Crippen LogP contribution < -0.4 is 0 Å². The summed E-state index contributed by atoms with van der Waals surface area (Å²) in [6.07, 6.45) is 4.92. The smallest absolute Gasteiger partial charge is 0.265 e. The highest BCUT2D eigenvalue weighted by atomic mass is 32.1. The molecule has 2 aromatic rings. The van der Waals surface area contributed by atoms with Crippen LogP contribution in [0.4, 0.5) is 0 Å². The molecular formula is C17H23N3O3S. The van der Waals surface area contributed by atoms with E-state index in [0.717, 1.165) is 36.8 Å². The first-order valence-electron chi connectivity index (χ1n) is 8.03. The SMILES string of the molecule is COCC(C)(C)N1CCN(C(=O)c2cnc(-c3ccoc3)s2)CC1. The lowest BCUT2D eigenvalue weighted by molar-refractivity contribution is 0.00383. The monoisotopic (exact) mass is 349 g/mol. The van der Waals surface area contributed by atoms with Gasteiger partial charge in [-0.05, 0) is 19.9 Å². The topological polar surface area (TPSA) is 58.8 Å². The molecule has 6 nitrogen and oxygen atoms in total. The number of furan rings is 1. The van der Waals surface area contributed by atoms with Crippen LogP contribution in [0.5, 0.6) is 0 Å². The van der Waals surface area contributed by atoms with Gasteiger partial charge in [0.15, 0.2) is 0 Å². The molecule has 1 fully saturated rings. The van der Waals surface area contributed by atoms with Crippen molar-refractivity contribution in [2.24, 2.45) is 0 Å².